The SMILES string of the molecule is C(#Cc1nccs1)COCCn1cnc2cnc3ccccc3c21. The Bertz CT molecular complexity index is 1030. The molecule has 3 heterocycles. The predicted octanol–water partition coefficient (Wildman–Crippen LogP) is 3.11. The molecule has 0 unspecified atom stereocenters. The summed E-state index contributed by atoms with van der Waals surface area (Å²) >= 11 is 1.53. The van der Waals surface area contributed by atoms with Gasteiger partial charge in [-0.15, -0.1) is 11.3 Å². The molecule has 4 aromatic rings. The number of hydrogen-bond acceptors (Lipinski definition) is 5. The van der Waals surface area contributed by atoms with E-state index >= 15 is 0 Å². The first kappa shape index (κ1) is 14.8. The number of imidazole rings is 1. The molecule has 0 spiro atoms. The van der Waals surface area contributed by atoms with Gasteiger partial charge in [-0.05, 0) is 12.0 Å². The molecule has 0 saturated heterocycles. The number of rotatable bonds is 4. The number of aromatic nitrogens is 4. The third-order valence-corrected chi connectivity index (χ3v) is 4.32. The summed E-state index contributed by atoms with van der Waals surface area (Å²) < 4.78 is 7.71. The summed E-state index contributed by atoms with van der Waals surface area (Å²) in [4.78, 5) is 13.0. The molecule has 0 amide bonds. The van der Waals surface area contributed by atoms with Crippen LogP contribution >= 0.6 is 11.3 Å². The van der Waals surface area contributed by atoms with Crippen LogP contribution in [0.3, 0.4) is 0 Å². The van der Waals surface area contributed by atoms with Crippen molar-refractivity contribution in [2.24, 2.45) is 0 Å². The van der Waals surface area contributed by atoms with Crippen LogP contribution in [-0.2, 0) is 11.3 Å². The summed E-state index contributed by atoms with van der Waals surface area (Å²) in [5, 5.41) is 3.84. The lowest BCUT2D eigenvalue weighted by molar-refractivity contribution is 0.158. The molecule has 0 N–H and O–H groups in total. The molecule has 4 rings (SSSR count). The van der Waals surface area contributed by atoms with E-state index in [9.17, 15) is 0 Å². The van der Waals surface area contributed by atoms with Crippen molar-refractivity contribution >= 4 is 33.3 Å². The van der Waals surface area contributed by atoms with E-state index in [-0.39, 0.29) is 0 Å². The minimum Gasteiger partial charge on any atom is -0.367 e. The predicted molar refractivity (Wildman–Crippen MR) is 94.8 cm³/mol. The Morgan fingerprint density at radius 3 is 3.00 bits per heavy atom. The monoisotopic (exact) mass is 334 g/mol. The van der Waals surface area contributed by atoms with Gasteiger partial charge in [0.1, 0.15) is 12.1 Å². The Balaban J connectivity index is 1.44. The number of para-hydroxylation sites is 1. The third kappa shape index (κ3) is 3.00. The van der Waals surface area contributed by atoms with Crippen molar-refractivity contribution in [1.29, 1.82) is 0 Å². The van der Waals surface area contributed by atoms with Crippen LogP contribution in [0.2, 0.25) is 0 Å². The summed E-state index contributed by atoms with van der Waals surface area (Å²) in [7, 11) is 0. The van der Waals surface area contributed by atoms with Crippen molar-refractivity contribution in [3.63, 3.8) is 0 Å². The van der Waals surface area contributed by atoms with Crippen LogP contribution in [0.4, 0.5) is 0 Å². The van der Waals surface area contributed by atoms with Crippen molar-refractivity contribution in [2.45, 2.75) is 6.54 Å². The first-order valence-electron chi connectivity index (χ1n) is 7.56. The number of benzene rings is 1. The molecular weight excluding hydrogens is 320 g/mol. The number of thiazole rings is 1. The molecule has 0 aliphatic carbocycles. The minimum absolute atomic E-state index is 0.397. The number of nitrogens with zero attached hydrogens (tertiary/aromatic N) is 4. The molecule has 0 aliphatic heterocycles. The van der Waals surface area contributed by atoms with Gasteiger partial charge < -0.3 is 9.30 Å². The van der Waals surface area contributed by atoms with Gasteiger partial charge in [-0.1, -0.05) is 24.1 Å². The number of hydrogen-bond donors (Lipinski definition) is 0. The highest BCUT2D eigenvalue weighted by atomic mass is 32.1. The van der Waals surface area contributed by atoms with Crippen molar-refractivity contribution in [3.8, 4) is 11.8 Å². The van der Waals surface area contributed by atoms with E-state index < -0.39 is 0 Å². The number of ether oxygens (including phenoxy) is 1. The van der Waals surface area contributed by atoms with E-state index in [0.717, 1.165) is 33.5 Å². The Morgan fingerprint density at radius 1 is 1.12 bits per heavy atom. The van der Waals surface area contributed by atoms with Gasteiger partial charge in [0.15, 0.2) is 5.01 Å². The molecule has 118 valence electrons. The summed E-state index contributed by atoms with van der Waals surface area (Å²) in [6.07, 6.45) is 5.40. The zero-order chi connectivity index (χ0) is 16.2. The minimum atomic E-state index is 0.397. The van der Waals surface area contributed by atoms with Crippen LogP contribution in [0, 0.1) is 11.8 Å². The Labute approximate surface area is 143 Å². The summed E-state index contributed by atoms with van der Waals surface area (Å²) in [5.74, 6) is 5.95. The normalized spacial score (nSPS) is 10.8. The van der Waals surface area contributed by atoms with Gasteiger partial charge in [0.2, 0.25) is 0 Å². The quantitative estimate of drug-likeness (QED) is 0.425. The highest BCUT2D eigenvalue weighted by molar-refractivity contribution is 7.10. The largest absolute Gasteiger partial charge is 0.367 e. The van der Waals surface area contributed by atoms with Gasteiger partial charge >= 0.3 is 0 Å². The molecule has 1 aromatic carbocycles. The van der Waals surface area contributed by atoms with Crippen molar-refractivity contribution in [2.75, 3.05) is 13.2 Å². The second-order valence-electron chi connectivity index (χ2n) is 5.14. The molecule has 0 fully saturated rings. The lowest BCUT2D eigenvalue weighted by Crippen LogP contribution is -2.05. The average Bonchev–Trinajstić information content (AvgIpc) is 3.28. The average molecular weight is 334 g/mol. The van der Waals surface area contributed by atoms with Crippen LogP contribution in [0.15, 0.2) is 48.4 Å². The molecule has 0 aliphatic rings. The van der Waals surface area contributed by atoms with E-state index in [2.05, 4.69) is 37.4 Å². The van der Waals surface area contributed by atoms with Gasteiger partial charge in [-0.25, -0.2) is 9.97 Å². The zero-order valence-electron chi connectivity index (χ0n) is 12.8. The summed E-state index contributed by atoms with van der Waals surface area (Å²) in [6.45, 7) is 1.70. The second kappa shape index (κ2) is 6.79. The number of fused-ring (bicyclic) bond motifs is 3. The van der Waals surface area contributed by atoms with Gasteiger partial charge in [0, 0.05) is 23.5 Å². The van der Waals surface area contributed by atoms with Gasteiger partial charge in [-0.3, -0.25) is 4.98 Å². The van der Waals surface area contributed by atoms with E-state index in [4.69, 9.17) is 4.74 Å². The first-order valence-corrected chi connectivity index (χ1v) is 8.44. The smallest absolute Gasteiger partial charge is 0.166 e. The van der Waals surface area contributed by atoms with Crippen molar-refractivity contribution in [3.05, 3.63) is 53.4 Å². The van der Waals surface area contributed by atoms with Gasteiger partial charge in [-0.2, -0.15) is 0 Å². The summed E-state index contributed by atoms with van der Waals surface area (Å²) in [6, 6.07) is 8.09. The van der Waals surface area contributed by atoms with Crippen LogP contribution in [0.1, 0.15) is 5.01 Å². The maximum Gasteiger partial charge on any atom is 0.166 e. The maximum absolute atomic E-state index is 5.61. The molecule has 5 nitrogen and oxygen atoms in total. The Kier molecular flexibility index (Phi) is 4.19. The fraction of sp³-hybridized carbons (Fsp3) is 0.167. The lowest BCUT2D eigenvalue weighted by Gasteiger charge is -2.06. The molecule has 3 aromatic heterocycles. The number of pyridine rings is 1. The molecule has 0 atom stereocenters. The highest BCUT2D eigenvalue weighted by Crippen LogP contribution is 2.22. The highest BCUT2D eigenvalue weighted by Gasteiger charge is 2.07. The topological polar surface area (TPSA) is 52.8 Å². The van der Waals surface area contributed by atoms with Crippen molar-refractivity contribution in [1.82, 2.24) is 19.5 Å². The summed E-state index contributed by atoms with van der Waals surface area (Å²) in [5.41, 5.74) is 2.97. The third-order valence-electron chi connectivity index (χ3n) is 3.63. The van der Waals surface area contributed by atoms with E-state index in [1.165, 1.54) is 11.3 Å². The molecule has 0 radical (unpaired) electrons. The fourth-order valence-electron chi connectivity index (χ4n) is 2.55. The van der Waals surface area contributed by atoms with Gasteiger partial charge in [0.05, 0.1) is 30.2 Å². The van der Waals surface area contributed by atoms with E-state index in [1.54, 1.807) is 6.20 Å². The van der Waals surface area contributed by atoms with E-state index in [0.29, 0.717) is 13.2 Å². The van der Waals surface area contributed by atoms with Crippen molar-refractivity contribution < 1.29 is 4.74 Å². The Morgan fingerprint density at radius 2 is 2.08 bits per heavy atom. The van der Waals surface area contributed by atoms with Crippen LogP contribution < -0.4 is 0 Å². The molecule has 0 saturated carbocycles. The maximum atomic E-state index is 5.61. The molecule has 24 heavy (non-hydrogen) atoms. The van der Waals surface area contributed by atoms with E-state index in [1.807, 2.05) is 36.1 Å². The second-order valence-corrected chi connectivity index (χ2v) is 6.03. The molecular formula is C18H14N4OS. The molecule has 0 bridgehead atoms. The first-order chi connectivity index (χ1) is 11.9. The van der Waals surface area contributed by atoms with Crippen LogP contribution in [-0.4, -0.2) is 32.7 Å². The molecule has 6 heteroatoms. The lowest BCUT2D eigenvalue weighted by atomic mass is 10.2. The van der Waals surface area contributed by atoms with Crippen LogP contribution in [0.5, 0.6) is 0 Å². The standard InChI is InChI=1S/C18H14N4OS/c1-2-5-15-14(4-1)18-16(12-20-15)21-13-22(18)8-10-23-9-3-6-17-19-7-11-24-17/h1-2,4-5,7,11-13H,8-10H2. The van der Waals surface area contributed by atoms with Gasteiger partial charge in [0.25, 0.3) is 0 Å². The van der Waals surface area contributed by atoms with Crippen LogP contribution in [0.25, 0.3) is 21.9 Å². The zero-order valence-corrected chi connectivity index (χ0v) is 13.7. The fourth-order valence-corrected chi connectivity index (χ4v) is 3.06. The Hall–Kier alpha value is -2.75.